The summed E-state index contributed by atoms with van der Waals surface area (Å²) in [6.45, 7) is 3.38. The molecule has 0 aromatic carbocycles. The van der Waals surface area contributed by atoms with E-state index in [2.05, 4.69) is 10.6 Å². The fraction of sp³-hybridized carbons (Fsp3) is 0.700. The normalized spacial score (nSPS) is 41.9. The third-order valence-corrected chi connectivity index (χ3v) is 10.7. The van der Waals surface area contributed by atoms with Gasteiger partial charge in [-0.05, 0) is 65.2 Å². The topological polar surface area (TPSA) is 148 Å². The Kier molecular flexibility index (Phi) is 8.30. The first kappa shape index (κ1) is 31.0. The molecule has 10 nitrogen and oxygen atoms in total. The van der Waals surface area contributed by atoms with Gasteiger partial charge in [-0.2, -0.15) is 0 Å². The highest BCUT2D eigenvalue weighted by molar-refractivity contribution is 6.21. The van der Waals surface area contributed by atoms with Crippen LogP contribution in [0.4, 0.5) is 0 Å². The second kappa shape index (κ2) is 11.2. The summed E-state index contributed by atoms with van der Waals surface area (Å²) in [5.41, 5.74) is -4.97. The number of carbonyl (C=O) groups excluding carboxylic acids is 5. The van der Waals surface area contributed by atoms with Crippen LogP contribution in [0.3, 0.4) is 0 Å². The quantitative estimate of drug-likeness (QED) is 0.161. The maximum Gasteiger partial charge on any atom is 0.344 e. The molecular weight excluding hydrogens is 587 g/mol. The predicted octanol–water partition coefficient (Wildman–Crippen LogP) is 2.47. The van der Waals surface area contributed by atoms with E-state index in [1.165, 1.54) is 0 Å². The summed E-state index contributed by atoms with van der Waals surface area (Å²) < 4.78 is 10.6. The van der Waals surface area contributed by atoms with E-state index in [1.54, 1.807) is 13.8 Å². The van der Waals surface area contributed by atoms with E-state index in [0.29, 0.717) is 25.1 Å². The Balaban J connectivity index is 0.000000168. The Hall–Kier alpha value is -2.43. The smallest absolute Gasteiger partial charge is 0.344 e. The number of amides is 2. The minimum atomic E-state index is -1.52. The number of aliphatic hydroxyl groups excluding tert-OH is 1. The van der Waals surface area contributed by atoms with Gasteiger partial charge < -0.3 is 25.2 Å². The Labute approximate surface area is 254 Å². The molecule has 3 N–H and O–H groups in total. The third-order valence-electron chi connectivity index (χ3n) is 10.3. The Bertz CT molecular complexity index is 1240. The molecule has 4 aliphatic heterocycles. The highest BCUT2D eigenvalue weighted by atomic mass is 35.5. The van der Waals surface area contributed by atoms with Gasteiger partial charge >= 0.3 is 11.9 Å². The first-order chi connectivity index (χ1) is 19.9. The van der Waals surface area contributed by atoms with Crippen LogP contribution in [0.5, 0.6) is 0 Å². The van der Waals surface area contributed by atoms with Gasteiger partial charge in [0.2, 0.25) is 22.9 Å². The largest absolute Gasteiger partial charge is 0.453 e. The van der Waals surface area contributed by atoms with Gasteiger partial charge in [-0.25, -0.2) is 9.59 Å². The van der Waals surface area contributed by atoms with Crippen molar-refractivity contribution in [1.29, 1.82) is 0 Å². The fourth-order valence-corrected chi connectivity index (χ4v) is 8.19. The highest BCUT2D eigenvalue weighted by Gasteiger charge is 2.80. The maximum atomic E-state index is 12.9. The van der Waals surface area contributed by atoms with Crippen molar-refractivity contribution in [2.45, 2.75) is 93.6 Å². The van der Waals surface area contributed by atoms with Crippen molar-refractivity contribution in [2.24, 2.45) is 23.7 Å². The summed E-state index contributed by atoms with van der Waals surface area (Å²) in [7, 11) is 0. The molecule has 6 aliphatic rings. The van der Waals surface area contributed by atoms with Gasteiger partial charge in [0, 0.05) is 23.6 Å². The van der Waals surface area contributed by atoms with Gasteiger partial charge in [-0.1, -0.05) is 24.3 Å². The molecular formula is C30H38Cl2N2O8. The van der Waals surface area contributed by atoms with Crippen molar-refractivity contribution in [3.63, 3.8) is 0 Å². The third kappa shape index (κ3) is 4.19. The first-order valence-electron chi connectivity index (χ1n) is 14.7. The van der Waals surface area contributed by atoms with Crippen LogP contribution in [-0.4, -0.2) is 74.8 Å². The summed E-state index contributed by atoms with van der Waals surface area (Å²) >= 11 is 11.5. The summed E-state index contributed by atoms with van der Waals surface area (Å²) in [6, 6.07) is 0. The SMILES string of the molecule is C[C@@]12OC(=O)[C@]1(C(=O)[C@@H]1C=CCCC1)NC(=O)[C@@H]2CCCl.C[C@@]12OC(=O)[C@]1([C@H](O)[C@@H]1C=CCCC1)NC(=O)[C@@H]2CCCl. The molecule has 0 aromatic heterocycles. The highest BCUT2D eigenvalue weighted by Crippen LogP contribution is 2.54. The van der Waals surface area contributed by atoms with Gasteiger partial charge in [-0.3, -0.25) is 14.4 Å². The van der Waals surface area contributed by atoms with Crippen LogP contribution < -0.4 is 10.6 Å². The van der Waals surface area contributed by atoms with Crippen molar-refractivity contribution < 1.29 is 38.6 Å². The molecule has 9 atom stereocenters. The van der Waals surface area contributed by atoms with Gasteiger partial charge in [0.25, 0.3) is 0 Å². The van der Waals surface area contributed by atoms with Crippen molar-refractivity contribution in [3.05, 3.63) is 24.3 Å². The van der Waals surface area contributed by atoms with Crippen LogP contribution in [-0.2, 0) is 33.4 Å². The number of carbonyl (C=O) groups is 5. The van der Waals surface area contributed by atoms with Gasteiger partial charge in [0.15, 0.2) is 17.0 Å². The van der Waals surface area contributed by atoms with Crippen LogP contribution in [0.1, 0.15) is 65.2 Å². The summed E-state index contributed by atoms with van der Waals surface area (Å²) in [4.78, 5) is 61.6. The summed E-state index contributed by atoms with van der Waals surface area (Å²) in [5.74, 6) is -2.97. The standard InChI is InChI=1S/C15H20ClNO4.C15H18ClNO4/c2*1-14-10(7-8-16)12(19)17-15(14,13(20)21-14)11(18)9-5-3-2-4-6-9/h3,5,9-11,18H,2,4,6-8H2,1H3,(H,17,19);3,5,9-10H,2,4,6-8H2,1H3,(H,17,19)/t9-,10+,11-,14+,15+;9-,10+,14+,15+/m11/s1. The lowest BCUT2D eigenvalue weighted by molar-refractivity contribution is -0.238. The lowest BCUT2D eigenvalue weighted by Gasteiger charge is -2.54. The number of allylic oxidation sites excluding steroid dienone is 3. The molecule has 0 unspecified atom stereocenters. The van der Waals surface area contributed by atoms with Crippen LogP contribution in [0.15, 0.2) is 24.3 Å². The second-order valence-corrected chi connectivity index (χ2v) is 13.1. The molecule has 42 heavy (non-hydrogen) atoms. The van der Waals surface area contributed by atoms with Crippen LogP contribution in [0.2, 0.25) is 0 Å². The molecule has 6 rings (SSSR count). The number of Topliss-reactive ketones (excluding diaryl/α,β-unsaturated/α-hetero) is 1. The maximum absolute atomic E-state index is 12.9. The minimum Gasteiger partial charge on any atom is -0.453 e. The molecule has 12 heteroatoms. The van der Waals surface area contributed by atoms with Gasteiger partial charge in [-0.15, -0.1) is 23.2 Å². The Morgan fingerprint density at radius 2 is 1.48 bits per heavy atom. The van der Waals surface area contributed by atoms with E-state index in [9.17, 15) is 29.1 Å². The Morgan fingerprint density at radius 1 is 0.905 bits per heavy atom. The molecule has 4 heterocycles. The monoisotopic (exact) mass is 624 g/mol. The molecule has 0 bridgehead atoms. The number of ketones is 1. The van der Waals surface area contributed by atoms with E-state index in [-0.39, 0.29) is 35.3 Å². The van der Waals surface area contributed by atoms with Crippen LogP contribution in [0, 0.1) is 23.7 Å². The number of rotatable bonds is 8. The zero-order valence-corrected chi connectivity index (χ0v) is 25.3. The molecule has 2 amide bonds. The van der Waals surface area contributed by atoms with Gasteiger partial charge in [0.05, 0.1) is 17.9 Å². The number of hydrogen-bond acceptors (Lipinski definition) is 8. The molecule has 0 aromatic rings. The number of nitrogens with one attached hydrogen (secondary N) is 2. The van der Waals surface area contributed by atoms with Crippen molar-refractivity contribution in [1.82, 2.24) is 10.6 Å². The number of fused-ring (bicyclic) bond motifs is 2. The fourth-order valence-electron chi connectivity index (χ4n) is 7.75. The number of esters is 2. The summed E-state index contributed by atoms with van der Waals surface area (Å²) in [6.07, 6.45) is 12.9. The molecule has 4 saturated heterocycles. The Morgan fingerprint density at radius 3 is 2.00 bits per heavy atom. The average Bonchev–Trinajstić information content (AvgIpc) is 3.27. The molecule has 0 saturated carbocycles. The zero-order chi connectivity index (χ0) is 30.5. The molecule has 230 valence electrons. The van der Waals surface area contributed by atoms with Gasteiger partial charge in [0.1, 0.15) is 0 Å². The van der Waals surface area contributed by atoms with E-state index in [4.69, 9.17) is 32.7 Å². The second-order valence-electron chi connectivity index (χ2n) is 12.4. The number of aliphatic hydroxyl groups is 1. The van der Waals surface area contributed by atoms with Crippen molar-refractivity contribution in [2.75, 3.05) is 11.8 Å². The minimum absolute atomic E-state index is 0.138. The van der Waals surface area contributed by atoms with Crippen molar-refractivity contribution in [3.8, 4) is 0 Å². The lowest BCUT2D eigenvalue weighted by atomic mass is 9.64. The average molecular weight is 626 g/mol. The molecule has 0 radical (unpaired) electrons. The van der Waals surface area contributed by atoms with E-state index >= 15 is 0 Å². The summed E-state index contributed by atoms with van der Waals surface area (Å²) in [5, 5.41) is 16.2. The van der Waals surface area contributed by atoms with Crippen LogP contribution >= 0.6 is 23.2 Å². The van der Waals surface area contributed by atoms with E-state index < -0.39 is 52.2 Å². The first-order valence-corrected chi connectivity index (χ1v) is 15.8. The molecule has 0 spiro atoms. The zero-order valence-electron chi connectivity index (χ0n) is 23.8. The lowest BCUT2D eigenvalue weighted by Crippen LogP contribution is -2.80. The molecule has 2 aliphatic carbocycles. The predicted molar refractivity (Wildman–Crippen MR) is 152 cm³/mol. The number of alkyl halides is 2. The molecule has 4 fully saturated rings. The number of ether oxygens (including phenoxy) is 2. The number of hydrogen-bond donors (Lipinski definition) is 3. The number of halogens is 2. The van der Waals surface area contributed by atoms with E-state index in [1.807, 2.05) is 24.3 Å². The van der Waals surface area contributed by atoms with Crippen molar-refractivity contribution >= 4 is 52.7 Å². The van der Waals surface area contributed by atoms with E-state index in [0.717, 1.165) is 32.1 Å². The van der Waals surface area contributed by atoms with Crippen LogP contribution in [0.25, 0.3) is 0 Å².